The third-order valence-electron chi connectivity index (χ3n) is 4.15. The van der Waals surface area contributed by atoms with Crippen LogP contribution in [0.2, 0.25) is 0 Å². The fourth-order valence-corrected chi connectivity index (χ4v) is 4.63. The lowest BCUT2D eigenvalue weighted by molar-refractivity contribution is 0.104. The van der Waals surface area contributed by atoms with Gasteiger partial charge in [0.05, 0.1) is 11.1 Å². The molecule has 3 nitrogen and oxygen atoms in total. The average molecular weight is 383 g/mol. The maximum atomic E-state index is 12.7. The summed E-state index contributed by atoms with van der Waals surface area (Å²) in [6.45, 7) is 16.4. The lowest BCUT2D eigenvalue weighted by Gasteiger charge is -2.07. The molecule has 27 heavy (non-hydrogen) atoms. The first kappa shape index (κ1) is 22.7. The fraction of sp³-hybridized carbons (Fsp3) is 0.304. The second-order valence-electron chi connectivity index (χ2n) is 6.86. The van der Waals surface area contributed by atoms with Gasteiger partial charge in [-0.25, -0.2) is 9.59 Å². The van der Waals surface area contributed by atoms with E-state index in [2.05, 4.69) is 6.58 Å². The monoisotopic (exact) mass is 383 g/mol. The number of benzene rings is 2. The zero-order chi connectivity index (χ0) is 20.9. The van der Waals surface area contributed by atoms with Gasteiger partial charge in [-0.3, -0.25) is 0 Å². The fourth-order valence-electron chi connectivity index (χ4n) is 3.33. The smallest absolute Gasteiger partial charge is 0.234 e. The van der Waals surface area contributed by atoms with Crippen LogP contribution in [0.1, 0.15) is 61.0 Å². The molecule has 2 aromatic carbocycles. The molecule has 0 aromatic heterocycles. The van der Waals surface area contributed by atoms with Gasteiger partial charge in [0, 0.05) is 0 Å². The number of rotatable bonds is 4. The quantitative estimate of drug-likeness (QED) is 0.445. The van der Waals surface area contributed by atoms with Gasteiger partial charge in [0.15, 0.2) is 0 Å². The van der Waals surface area contributed by atoms with Crippen molar-refractivity contribution in [1.82, 2.24) is 0 Å². The van der Waals surface area contributed by atoms with E-state index in [0.717, 1.165) is 33.4 Å². The van der Waals surface area contributed by atoms with Gasteiger partial charge >= 0.3 is 18.8 Å². The number of aryl methyl sites for hydroxylation is 6. The molecule has 2 rings (SSSR count). The van der Waals surface area contributed by atoms with Gasteiger partial charge in [-0.1, -0.05) is 46.0 Å². The van der Waals surface area contributed by atoms with Gasteiger partial charge in [0.2, 0.25) is 0 Å². The van der Waals surface area contributed by atoms with Crippen molar-refractivity contribution in [3.05, 3.63) is 81.4 Å². The molecule has 0 saturated heterocycles. The molecule has 0 amide bonds. The van der Waals surface area contributed by atoms with Crippen molar-refractivity contribution in [3.8, 4) is 0 Å². The number of carbonyl (C=O) groups excluding carboxylic acids is 2. The third-order valence-corrected chi connectivity index (χ3v) is 5.34. The summed E-state index contributed by atoms with van der Waals surface area (Å²) in [5.74, 6) is 0. The molecule has 0 fully saturated rings. The first-order valence-corrected chi connectivity index (χ1v) is 10.1. The van der Waals surface area contributed by atoms with Crippen LogP contribution in [0.25, 0.3) is 0 Å². The summed E-state index contributed by atoms with van der Waals surface area (Å²) in [6.07, 6.45) is 1.75. The molecule has 2 aromatic rings. The van der Waals surface area contributed by atoms with E-state index in [4.69, 9.17) is 0 Å². The van der Waals surface area contributed by atoms with Crippen molar-refractivity contribution in [2.45, 2.75) is 48.5 Å². The minimum atomic E-state index is -2.67. The van der Waals surface area contributed by atoms with Crippen LogP contribution in [0.3, 0.4) is 0 Å². The van der Waals surface area contributed by atoms with Crippen molar-refractivity contribution < 1.29 is 14.2 Å². The molecule has 0 radical (unpaired) electrons. The molecule has 0 aliphatic heterocycles. The zero-order valence-electron chi connectivity index (χ0n) is 17.3. The summed E-state index contributed by atoms with van der Waals surface area (Å²) in [5, 5.41) is 0. The van der Waals surface area contributed by atoms with Gasteiger partial charge in [-0.15, -0.1) is 6.58 Å². The number of carbonyl (C=O) groups is 2. The SMILES string of the molecule is C=CC.Cc1cc(C)c(C(=O)[P+](=O)C(=O)c2c(C)cc(C)cc2C)c(C)c1. The standard InChI is InChI=1S/C20H22O3P.C3H6/c1-11-7-13(3)17(14(4)8-11)19(21)24(23)20(22)18-15(5)9-12(2)10-16(18)6;1-3-2/h7-10H,1-6H3;3H,1H2,2H3/q+1;. The topological polar surface area (TPSA) is 51.2 Å². The van der Waals surface area contributed by atoms with E-state index < -0.39 is 18.8 Å². The average Bonchev–Trinajstić information content (AvgIpc) is 2.52. The summed E-state index contributed by atoms with van der Waals surface area (Å²) in [5.41, 5.74) is 4.74. The number of hydrogen-bond acceptors (Lipinski definition) is 3. The molecule has 142 valence electrons. The van der Waals surface area contributed by atoms with Crippen LogP contribution in [-0.4, -0.2) is 11.0 Å². The molecule has 0 heterocycles. The highest BCUT2D eigenvalue weighted by Crippen LogP contribution is 2.36. The Hall–Kier alpha value is -2.38. The predicted molar refractivity (Wildman–Crippen MR) is 113 cm³/mol. The van der Waals surface area contributed by atoms with Crippen LogP contribution in [0.4, 0.5) is 0 Å². The Balaban J connectivity index is 0.00000114. The van der Waals surface area contributed by atoms with Gasteiger partial charge in [0.25, 0.3) is 0 Å². The van der Waals surface area contributed by atoms with Crippen LogP contribution >= 0.6 is 7.80 Å². The molecule has 0 atom stereocenters. The van der Waals surface area contributed by atoms with E-state index >= 15 is 0 Å². The van der Waals surface area contributed by atoms with E-state index in [0.29, 0.717) is 11.1 Å². The van der Waals surface area contributed by atoms with E-state index in [9.17, 15) is 14.2 Å². The second-order valence-corrected chi connectivity index (χ2v) is 8.26. The lowest BCUT2D eigenvalue weighted by atomic mass is 10.0. The number of allylic oxidation sites excluding steroid dienone is 1. The van der Waals surface area contributed by atoms with Crippen LogP contribution in [0.5, 0.6) is 0 Å². The van der Waals surface area contributed by atoms with Gasteiger partial charge in [0.1, 0.15) is 0 Å². The molecular weight excluding hydrogens is 355 g/mol. The van der Waals surface area contributed by atoms with E-state index in [1.807, 2.05) is 72.7 Å². The second kappa shape index (κ2) is 9.53. The van der Waals surface area contributed by atoms with Gasteiger partial charge in [-0.2, -0.15) is 0 Å². The van der Waals surface area contributed by atoms with Crippen molar-refractivity contribution in [2.75, 3.05) is 0 Å². The summed E-state index contributed by atoms with van der Waals surface area (Å²) in [4.78, 5) is 25.4. The Kier molecular flexibility index (Phi) is 7.99. The summed E-state index contributed by atoms with van der Waals surface area (Å²) >= 11 is 0. The molecule has 0 unspecified atom stereocenters. The Labute approximate surface area is 163 Å². The highest BCUT2D eigenvalue weighted by atomic mass is 31.1. The zero-order valence-corrected chi connectivity index (χ0v) is 18.2. The number of hydrogen-bond donors (Lipinski definition) is 0. The molecule has 0 saturated carbocycles. The predicted octanol–water partition coefficient (Wildman–Crippen LogP) is 6.54. The van der Waals surface area contributed by atoms with Gasteiger partial charge in [-0.05, 0) is 70.7 Å². The Bertz CT molecular complexity index is 806. The molecule has 0 spiro atoms. The maximum Gasteiger partial charge on any atom is 0.501 e. The molecule has 0 aliphatic rings. The molecule has 0 bridgehead atoms. The maximum absolute atomic E-state index is 12.7. The first-order chi connectivity index (χ1) is 12.5. The molecule has 0 aliphatic carbocycles. The third kappa shape index (κ3) is 5.30. The van der Waals surface area contributed by atoms with Crippen LogP contribution in [-0.2, 0) is 4.57 Å². The van der Waals surface area contributed by atoms with E-state index in [1.54, 1.807) is 6.08 Å². The van der Waals surface area contributed by atoms with Crippen LogP contribution < -0.4 is 0 Å². The minimum Gasteiger partial charge on any atom is -0.234 e. The van der Waals surface area contributed by atoms with E-state index in [-0.39, 0.29) is 0 Å². The molecule has 4 heteroatoms. The summed E-state index contributed by atoms with van der Waals surface area (Å²) < 4.78 is 12.7. The summed E-state index contributed by atoms with van der Waals surface area (Å²) in [6, 6.07) is 7.49. The van der Waals surface area contributed by atoms with Crippen molar-refractivity contribution in [2.24, 2.45) is 0 Å². The van der Waals surface area contributed by atoms with E-state index in [1.165, 1.54) is 0 Å². The van der Waals surface area contributed by atoms with Crippen molar-refractivity contribution in [1.29, 1.82) is 0 Å². The highest BCUT2D eigenvalue weighted by Gasteiger charge is 2.42. The Morgan fingerprint density at radius 3 is 1.19 bits per heavy atom. The Morgan fingerprint density at radius 2 is 0.963 bits per heavy atom. The lowest BCUT2D eigenvalue weighted by Crippen LogP contribution is -2.08. The van der Waals surface area contributed by atoms with Crippen LogP contribution in [0, 0.1) is 41.5 Å². The minimum absolute atomic E-state index is 0.400. The normalized spacial score (nSPS) is 9.89. The van der Waals surface area contributed by atoms with Crippen molar-refractivity contribution >= 4 is 18.8 Å². The Morgan fingerprint density at radius 1 is 0.741 bits per heavy atom. The first-order valence-electron chi connectivity index (χ1n) is 8.83. The van der Waals surface area contributed by atoms with Crippen molar-refractivity contribution in [3.63, 3.8) is 0 Å². The molecule has 0 N–H and O–H groups in total. The van der Waals surface area contributed by atoms with Gasteiger partial charge < -0.3 is 0 Å². The van der Waals surface area contributed by atoms with Crippen LogP contribution in [0.15, 0.2) is 36.9 Å². The largest absolute Gasteiger partial charge is 0.501 e. The molecular formula is C23H28O3P+. The summed E-state index contributed by atoms with van der Waals surface area (Å²) in [7, 11) is -2.67. The highest BCUT2D eigenvalue weighted by molar-refractivity contribution is 7.80.